The van der Waals surface area contributed by atoms with E-state index in [0.717, 1.165) is 0 Å². The first-order valence-electron chi connectivity index (χ1n) is 5.82. The van der Waals surface area contributed by atoms with E-state index in [0.29, 0.717) is 25.3 Å². The fourth-order valence-electron chi connectivity index (χ4n) is 1.99. The molecule has 0 saturated carbocycles. The normalized spacial score (nSPS) is 21.1. The third-order valence-corrected chi connectivity index (χ3v) is 4.99. The predicted molar refractivity (Wildman–Crippen MR) is 67.7 cm³/mol. The highest BCUT2D eigenvalue weighted by Crippen LogP contribution is 2.23. The summed E-state index contributed by atoms with van der Waals surface area (Å²) >= 11 is 0. The van der Waals surface area contributed by atoms with Gasteiger partial charge in [0.05, 0.1) is 0 Å². The highest BCUT2D eigenvalue weighted by Gasteiger charge is 2.32. The summed E-state index contributed by atoms with van der Waals surface area (Å²) in [4.78, 5) is 4.20. The van der Waals surface area contributed by atoms with Crippen molar-refractivity contribution < 1.29 is 13.5 Å². The molecule has 0 aliphatic carbocycles. The van der Waals surface area contributed by atoms with E-state index in [1.165, 1.54) is 10.5 Å². The van der Waals surface area contributed by atoms with Crippen LogP contribution in [0.4, 0.5) is 5.82 Å². The van der Waals surface area contributed by atoms with Crippen LogP contribution < -0.4 is 5.32 Å². The van der Waals surface area contributed by atoms with Crippen molar-refractivity contribution >= 4 is 15.8 Å². The molecule has 0 amide bonds. The van der Waals surface area contributed by atoms with E-state index in [9.17, 15) is 8.42 Å². The van der Waals surface area contributed by atoms with E-state index in [2.05, 4.69) is 10.3 Å². The van der Waals surface area contributed by atoms with Crippen LogP contribution in [-0.2, 0) is 10.0 Å². The van der Waals surface area contributed by atoms with Gasteiger partial charge in [-0.05, 0) is 24.5 Å². The summed E-state index contributed by atoms with van der Waals surface area (Å²) in [6, 6.07) is 3.17. The summed E-state index contributed by atoms with van der Waals surface area (Å²) in [5.41, 5.74) is 0. The maximum atomic E-state index is 12.3. The van der Waals surface area contributed by atoms with Crippen LogP contribution in [0.5, 0.6) is 0 Å². The first-order valence-corrected chi connectivity index (χ1v) is 7.26. The Morgan fingerprint density at radius 3 is 2.83 bits per heavy atom. The minimum Gasteiger partial charge on any atom is -0.396 e. The van der Waals surface area contributed by atoms with Gasteiger partial charge < -0.3 is 10.4 Å². The van der Waals surface area contributed by atoms with Crippen molar-refractivity contribution in [3.63, 3.8) is 0 Å². The lowest BCUT2D eigenvalue weighted by Crippen LogP contribution is -2.29. The predicted octanol–water partition coefficient (Wildman–Crippen LogP) is 0.126. The molecule has 2 rings (SSSR count). The molecule has 0 spiro atoms. The zero-order valence-corrected chi connectivity index (χ0v) is 11.0. The van der Waals surface area contributed by atoms with Gasteiger partial charge in [-0.1, -0.05) is 0 Å². The molecule has 0 bridgehead atoms. The van der Waals surface area contributed by atoms with Crippen molar-refractivity contribution in [2.75, 3.05) is 32.1 Å². The van der Waals surface area contributed by atoms with Crippen molar-refractivity contribution in [1.29, 1.82) is 0 Å². The number of nitrogens with one attached hydrogen (secondary N) is 1. The number of nitrogens with zero attached hydrogens (tertiary/aromatic N) is 2. The van der Waals surface area contributed by atoms with Gasteiger partial charge >= 0.3 is 0 Å². The van der Waals surface area contributed by atoms with Crippen molar-refractivity contribution in [3.8, 4) is 0 Å². The molecule has 0 radical (unpaired) electrons. The molecule has 1 aliphatic rings. The van der Waals surface area contributed by atoms with Crippen molar-refractivity contribution in [2.24, 2.45) is 5.92 Å². The standard InChI is InChI=1S/C11H17N3O3S/c1-12-11-3-2-10(6-13-11)18(16,17)14-5-4-9(7-14)8-15/h2-3,6,9,15H,4-5,7-8H2,1H3,(H,12,13). The Morgan fingerprint density at radius 1 is 1.56 bits per heavy atom. The fraction of sp³-hybridized carbons (Fsp3) is 0.545. The molecule has 100 valence electrons. The number of aromatic nitrogens is 1. The number of hydrogen-bond acceptors (Lipinski definition) is 5. The minimum atomic E-state index is -3.47. The number of rotatable bonds is 4. The van der Waals surface area contributed by atoms with Gasteiger partial charge in [0.2, 0.25) is 10.0 Å². The van der Waals surface area contributed by atoms with Crippen LogP contribution in [0.3, 0.4) is 0 Å². The van der Waals surface area contributed by atoms with Gasteiger partial charge in [0.15, 0.2) is 0 Å². The summed E-state index contributed by atoms with van der Waals surface area (Å²) < 4.78 is 26.0. The number of pyridine rings is 1. The first-order chi connectivity index (χ1) is 8.57. The van der Waals surface area contributed by atoms with Gasteiger partial charge in [-0.15, -0.1) is 0 Å². The summed E-state index contributed by atoms with van der Waals surface area (Å²) in [6.07, 6.45) is 2.06. The van der Waals surface area contributed by atoms with Gasteiger partial charge in [0, 0.05) is 32.9 Å². The lowest BCUT2D eigenvalue weighted by molar-refractivity contribution is 0.233. The zero-order valence-electron chi connectivity index (χ0n) is 10.2. The number of hydrogen-bond donors (Lipinski definition) is 2. The molecule has 1 aromatic heterocycles. The molecule has 2 heterocycles. The second kappa shape index (κ2) is 5.21. The van der Waals surface area contributed by atoms with Gasteiger partial charge in [0.25, 0.3) is 0 Å². The lowest BCUT2D eigenvalue weighted by atomic mass is 10.1. The topological polar surface area (TPSA) is 82.5 Å². The molecule has 1 aliphatic heterocycles. The lowest BCUT2D eigenvalue weighted by Gasteiger charge is -2.16. The van der Waals surface area contributed by atoms with Gasteiger partial charge in [0.1, 0.15) is 10.7 Å². The molecule has 2 N–H and O–H groups in total. The Labute approximate surface area is 107 Å². The van der Waals surface area contributed by atoms with Gasteiger partial charge in [-0.25, -0.2) is 13.4 Å². The van der Waals surface area contributed by atoms with Crippen LogP contribution in [0, 0.1) is 5.92 Å². The van der Waals surface area contributed by atoms with Crippen LogP contribution in [0.15, 0.2) is 23.2 Å². The highest BCUT2D eigenvalue weighted by atomic mass is 32.2. The monoisotopic (exact) mass is 271 g/mol. The maximum absolute atomic E-state index is 12.3. The summed E-state index contributed by atoms with van der Waals surface area (Å²) in [6.45, 7) is 0.872. The average Bonchev–Trinajstić information content (AvgIpc) is 2.88. The van der Waals surface area contributed by atoms with E-state index in [4.69, 9.17) is 5.11 Å². The second-order valence-corrected chi connectivity index (χ2v) is 6.27. The molecular weight excluding hydrogens is 254 g/mol. The highest BCUT2D eigenvalue weighted by molar-refractivity contribution is 7.89. The zero-order chi connectivity index (χ0) is 13.2. The fourth-order valence-corrected chi connectivity index (χ4v) is 3.47. The summed E-state index contributed by atoms with van der Waals surface area (Å²) in [7, 11) is -1.75. The Kier molecular flexibility index (Phi) is 3.84. The minimum absolute atomic E-state index is 0.0307. The number of aliphatic hydroxyl groups excluding tert-OH is 1. The van der Waals surface area contributed by atoms with E-state index < -0.39 is 10.0 Å². The van der Waals surface area contributed by atoms with E-state index >= 15 is 0 Å². The van der Waals surface area contributed by atoms with E-state index in [1.807, 2.05) is 0 Å². The molecule has 1 unspecified atom stereocenters. The smallest absolute Gasteiger partial charge is 0.244 e. The Bertz CT molecular complexity index is 501. The third kappa shape index (κ3) is 2.47. The van der Waals surface area contributed by atoms with E-state index in [-0.39, 0.29) is 17.4 Å². The number of sulfonamides is 1. The Balaban J connectivity index is 2.20. The SMILES string of the molecule is CNc1ccc(S(=O)(=O)N2CCC(CO)C2)cn1. The quantitative estimate of drug-likeness (QED) is 0.813. The molecule has 1 saturated heterocycles. The molecule has 1 aromatic rings. The van der Waals surface area contributed by atoms with Crippen LogP contribution in [0.1, 0.15) is 6.42 Å². The van der Waals surface area contributed by atoms with Crippen LogP contribution >= 0.6 is 0 Å². The van der Waals surface area contributed by atoms with Gasteiger partial charge in [-0.3, -0.25) is 0 Å². The van der Waals surface area contributed by atoms with Crippen LogP contribution in [0.2, 0.25) is 0 Å². The summed E-state index contributed by atoms with van der Waals surface area (Å²) in [5.74, 6) is 0.674. The summed E-state index contributed by atoms with van der Waals surface area (Å²) in [5, 5.41) is 11.9. The third-order valence-electron chi connectivity index (χ3n) is 3.14. The van der Waals surface area contributed by atoms with Crippen molar-refractivity contribution in [1.82, 2.24) is 9.29 Å². The number of aliphatic hydroxyl groups is 1. The second-order valence-electron chi connectivity index (χ2n) is 4.33. The molecule has 6 nitrogen and oxygen atoms in total. The van der Waals surface area contributed by atoms with Gasteiger partial charge in [-0.2, -0.15) is 4.31 Å². The Hall–Kier alpha value is -1.18. The van der Waals surface area contributed by atoms with Crippen LogP contribution in [0.25, 0.3) is 0 Å². The van der Waals surface area contributed by atoms with Crippen LogP contribution in [-0.4, -0.2) is 49.6 Å². The molecule has 7 heteroatoms. The first kappa shape index (κ1) is 13.3. The van der Waals surface area contributed by atoms with E-state index in [1.54, 1.807) is 19.2 Å². The maximum Gasteiger partial charge on any atom is 0.244 e. The van der Waals surface area contributed by atoms with Crippen molar-refractivity contribution in [3.05, 3.63) is 18.3 Å². The average molecular weight is 271 g/mol. The molecular formula is C11H17N3O3S. The number of anilines is 1. The largest absolute Gasteiger partial charge is 0.396 e. The Morgan fingerprint density at radius 2 is 2.33 bits per heavy atom. The van der Waals surface area contributed by atoms with Crippen molar-refractivity contribution in [2.45, 2.75) is 11.3 Å². The molecule has 1 atom stereocenters. The molecule has 1 fully saturated rings. The molecule has 0 aromatic carbocycles. The molecule has 18 heavy (non-hydrogen) atoms.